The largest absolute Gasteiger partial charge is 0.383 e. The standard InChI is InChI=1S/C16H26N2O2S/c1-11-5-7-14(8-6-11)15(19)17-16-18(9-10-20-4)12(2)13(3)21-16/h11,14H,5-10H2,1-4H3/b17-16-. The molecule has 1 aliphatic rings. The summed E-state index contributed by atoms with van der Waals surface area (Å²) in [6.07, 6.45) is 4.28. The number of carbonyl (C=O) groups is 1. The topological polar surface area (TPSA) is 43.6 Å². The normalized spacial score (nSPS) is 23.5. The number of aryl methyl sites for hydroxylation is 1. The van der Waals surface area contributed by atoms with E-state index < -0.39 is 0 Å². The Morgan fingerprint density at radius 3 is 2.62 bits per heavy atom. The molecule has 118 valence electrons. The summed E-state index contributed by atoms with van der Waals surface area (Å²) in [5.41, 5.74) is 1.18. The van der Waals surface area contributed by atoms with Crippen molar-refractivity contribution >= 4 is 17.2 Å². The number of amides is 1. The predicted octanol–water partition coefficient (Wildman–Crippen LogP) is 3.07. The van der Waals surface area contributed by atoms with E-state index in [1.807, 2.05) is 0 Å². The Balaban J connectivity index is 2.19. The number of methoxy groups -OCH3 is 1. The number of rotatable bonds is 4. The van der Waals surface area contributed by atoms with Crippen molar-refractivity contribution in [2.75, 3.05) is 13.7 Å². The molecule has 1 heterocycles. The SMILES string of the molecule is COCCn1c(C)c(C)s/c1=N\C(=O)C1CCC(C)CC1. The van der Waals surface area contributed by atoms with Gasteiger partial charge in [0.15, 0.2) is 4.80 Å². The summed E-state index contributed by atoms with van der Waals surface area (Å²) in [6, 6.07) is 0. The number of hydrogen-bond donors (Lipinski definition) is 0. The average molecular weight is 310 g/mol. The minimum absolute atomic E-state index is 0.0642. The van der Waals surface area contributed by atoms with Crippen molar-refractivity contribution in [2.24, 2.45) is 16.8 Å². The number of hydrogen-bond acceptors (Lipinski definition) is 3. The summed E-state index contributed by atoms with van der Waals surface area (Å²) < 4.78 is 7.26. The van der Waals surface area contributed by atoms with Gasteiger partial charge in [-0.25, -0.2) is 0 Å². The maximum absolute atomic E-state index is 12.4. The minimum Gasteiger partial charge on any atom is -0.383 e. The Morgan fingerprint density at radius 1 is 1.33 bits per heavy atom. The first-order valence-electron chi connectivity index (χ1n) is 7.77. The Morgan fingerprint density at radius 2 is 2.00 bits per heavy atom. The van der Waals surface area contributed by atoms with Crippen molar-refractivity contribution in [3.8, 4) is 0 Å². The van der Waals surface area contributed by atoms with Gasteiger partial charge in [0, 0.05) is 30.1 Å². The molecule has 0 saturated heterocycles. The summed E-state index contributed by atoms with van der Waals surface area (Å²) in [4.78, 5) is 18.9. The maximum Gasteiger partial charge on any atom is 0.251 e. The lowest BCUT2D eigenvalue weighted by atomic mass is 9.83. The number of ether oxygens (including phenoxy) is 1. The predicted molar refractivity (Wildman–Crippen MR) is 85.4 cm³/mol. The molecule has 0 unspecified atom stereocenters. The van der Waals surface area contributed by atoms with Crippen molar-refractivity contribution in [1.82, 2.24) is 4.57 Å². The van der Waals surface area contributed by atoms with E-state index in [1.165, 1.54) is 10.6 Å². The van der Waals surface area contributed by atoms with E-state index in [4.69, 9.17) is 4.74 Å². The lowest BCUT2D eigenvalue weighted by molar-refractivity contribution is -0.123. The Bertz CT molecular complexity index is 551. The molecular formula is C16H26N2O2S. The molecule has 0 N–H and O–H groups in total. The molecule has 0 aliphatic heterocycles. The van der Waals surface area contributed by atoms with Crippen molar-refractivity contribution in [1.29, 1.82) is 0 Å². The van der Waals surface area contributed by atoms with Gasteiger partial charge >= 0.3 is 0 Å². The van der Waals surface area contributed by atoms with Gasteiger partial charge in [0.25, 0.3) is 5.91 Å². The zero-order chi connectivity index (χ0) is 15.4. The van der Waals surface area contributed by atoms with Gasteiger partial charge in [-0.15, -0.1) is 11.3 Å². The molecule has 1 aliphatic carbocycles. The fourth-order valence-corrected chi connectivity index (χ4v) is 3.83. The molecule has 2 rings (SSSR count). The first-order chi connectivity index (χ1) is 10.0. The van der Waals surface area contributed by atoms with E-state index >= 15 is 0 Å². The van der Waals surface area contributed by atoms with Gasteiger partial charge in [-0.05, 0) is 45.4 Å². The highest BCUT2D eigenvalue weighted by Gasteiger charge is 2.24. The fraction of sp³-hybridized carbons (Fsp3) is 0.750. The second kappa shape index (κ2) is 7.36. The van der Waals surface area contributed by atoms with Gasteiger partial charge in [-0.2, -0.15) is 4.99 Å². The zero-order valence-corrected chi connectivity index (χ0v) is 14.3. The van der Waals surface area contributed by atoms with E-state index in [-0.39, 0.29) is 11.8 Å². The van der Waals surface area contributed by atoms with Gasteiger partial charge in [0.05, 0.1) is 6.61 Å². The third-order valence-corrected chi connectivity index (χ3v) is 5.58. The summed E-state index contributed by atoms with van der Waals surface area (Å²) in [5.74, 6) is 0.945. The monoisotopic (exact) mass is 310 g/mol. The van der Waals surface area contributed by atoms with Crippen LogP contribution in [0.4, 0.5) is 0 Å². The summed E-state index contributed by atoms with van der Waals surface area (Å²) in [5, 5.41) is 0. The van der Waals surface area contributed by atoms with Crippen LogP contribution in [0.2, 0.25) is 0 Å². The smallest absolute Gasteiger partial charge is 0.251 e. The first-order valence-corrected chi connectivity index (χ1v) is 8.59. The van der Waals surface area contributed by atoms with Crippen LogP contribution in [0, 0.1) is 25.7 Å². The van der Waals surface area contributed by atoms with Gasteiger partial charge in [-0.3, -0.25) is 4.79 Å². The van der Waals surface area contributed by atoms with Crippen molar-refractivity contribution < 1.29 is 9.53 Å². The van der Waals surface area contributed by atoms with Gasteiger partial charge in [0.1, 0.15) is 0 Å². The van der Waals surface area contributed by atoms with Gasteiger partial charge < -0.3 is 9.30 Å². The zero-order valence-electron chi connectivity index (χ0n) is 13.5. The number of aromatic nitrogens is 1. The third-order valence-electron chi connectivity index (χ3n) is 4.48. The van der Waals surface area contributed by atoms with Crippen molar-refractivity contribution in [3.63, 3.8) is 0 Å². The van der Waals surface area contributed by atoms with Crippen LogP contribution in [-0.4, -0.2) is 24.2 Å². The van der Waals surface area contributed by atoms with Gasteiger partial charge in [0.2, 0.25) is 0 Å². The van der Waals surface area contributed by atoms with E-state index in [0.717, 1.165) is 42.9 Å². The first kappa shape index (κ1) is 16.4. The van der Waals surface area contributed by atoms with E-state index in [2.05, 4.69) is 30.3 Å². The Kier molecular flexibility index (Phi) is 5.76. The molecule has 1 amide bonds. The highest BCUT2D eigenvalue weighted by molar-refractivity contribution is 7.09. The molecule has 0 radical (unpaired) electrons. The summed E-state index contributed by atoms with van der Waals surface area (Å²) in [6.45, 7) is 7.81. The fourth-order valence-electron chi connectivity index (χ4n) is 2.82. The van der Waals surface area contributed by atoms with Crippen LogP contribution in [0.15, 0.2) is 4.99 Å². The molecule has 5 heteroatoms. The molecule has 0 atom stereocenters. The third kappa shape index (κ3) is 4.04. The lowest BCUT2D eigenvalue weighted by Crippen LogP contribution is -2.24. The van der Waals surface area contributed by atoms with E-state index in [9.17, 15) is 4.79 Å². The number of thiazole rings is 1. The van der Waals surface area contributed by atoms with Crippen LogP contribution in [0.3, 0.4) is 0 Å². The molecule has 0 aromatic carbocycles. The highest BCUT2D eigenvalue weighted by Crippen LogP contribution is 2.29. The van der Waals surface area contributed by atoms with Gasteiger partial charge in [-0.1, -0.05) is 6.92 Å². The quantitative estimate of drug-likeness (QED) is 0.858. The van der Waals surface area contributed by atoms with Crippen molar-refractivity contribution in [2.45, 2.75) is 53.0 Å². The molecule has 21 heavy (non-hydrogen) atoms. The van der Waals surface area contributed by atoms with Crippen LogP contribution in [0.25, 0.3) is 0 Å². The van der Waals surface area contributed by atoms with Crippen LogP contribution < -0.4 is 4.80 Å². The minimum atomic E-state index is 0.0642. The lowest BCUT2D eigenvalue weighted by Gasteiger charge is -2.23. The maximum atomic E-state index is 12.4. The molecule has 1 saturated carbocycles. The number of nitrogens with zero attached hydrogens (tertiary/aromatic N) is 2. The molecular weight excluding hydrogens is 284 g/mol. The Hall–Kier alpha value is -0.940. The van der Waals surface area contributed by atoms with Crippen LogP contribution >= 0.6 is 11.3 Å². The average Bonchev–Trinajstić information content (AvgIpc) is 2.72. The molecule has 1 aromatic rings. The summed E-state index contributed by atoms with van der Waals surface area (Å²) in [7, 11) is 1.69. The second-order valence-electron chi connectivity index (χ2n) is 6.08. The van der Waals surface area contributed by atoms with Crippen LogP contribution in [0.1, 0.15) is 43.2 Å². The summed E-state index contributed by atoms with van der Waals surface area (Å²) >= 11 is 1.60. The molecule has 4 nitrogen and oxygen atoms in total. The molecule has 0 bridgehead atoms. The second-order valence-corrected chi connectivity index (χ2v) is 7.26. The van der Waals surface area contributed by atoms with E-state index in [0.29, 0.717) is 6.61 Å². The molecule has 0 spiro atoms. The Labute approximate surface area is 130 Å². The highest BCUT2D eigenvalue weighted by atomic mass is 32.1. The van der Waals surface area contributed by atoms with Crippen LogP contribution in [-0.2, 0) is 16.1 Å². The molecule has 1 aromatic heterocycles. The molecule has 1 fully saturated rings. The van der Waals surface area contributed by atoms with Crippen molar-refractivity contribution in [3.05, 3.63) is 15.4 Å². The number of carbonyl (C=O) groups excluding carboxylic acids is 1. The van der Waals surface area contributed by atoms with Crippen LogP contribution in [0.5, 0.6) is 0 Å². The van der Waals surface area contributed by atoms with E-state index in [1.54, 1.807) is 18.4 Å².